The Morgan fingerprint density at radius 1 is 1.26 bits per heavy atom. The molecule has 1 aliphatic rings. The second-order valence-corrected chi connectivity index (χ2v) is 7.37. The third-order valence-electron chi connectivity index (χ3n) is 3.25. The predicted octanol–water partition coefficient (Wildman–Crippen LogP) is 0.240. The summed E-state index contributed by atoms with van der Waals surface area (Å²) in [5.41, 5.74) is 0.356. The molecule has 0 amide bonds. The van der Waals surface area contributed by atoms with Crippen molar-refractivity contribution < 1.29 is 0 Å². The van der Waals surface area contributed by atoms with Gasteiger partial charge in [-0.25, -0.2) is 9.78 Å². The number of thioether (sulfide) groups is 2. The van der Waals surface area contributed by atoms with Crippen LogP contribution in [0.25, 0.3) is 11.2 Å². The molecule has 0 radical (unpaired) electrons. The van der Waals surface area contributed by atoms with Gasteiger partial charge in [-0.05, 0) is 0 Å². The standard InChI is InChI=1S/C11H14N4O2S2/c1-13-9-8(10(16)14(2)11(13)17)15(6-12-9)5-7-18-3-4-19-7/h6-7H,3-5H2,1-2H3. The Morgan fingerprint density at radius 3 is 2.63 bits per heavy atom. The highest BCUT2D eigenvalue weighted by Gasteiger charge is 2.20. The highest BCUT2D eigenvalue weighted by atomic mass is 32.2. The van der Waals surface area contributed by atoms with E-state index in [2.05, 4.69) is 4.98 Å². The Kier molecular flexibility index (Phi) is 3.22. The average molecular weight is 298 g/mol. The van der Waals surface area contributed by atoms with Gasteiger partial charge >= 0.3 is 5.69 Å². The van der Waals surface area contributed by atoms with Crippen LogP contribution in [-0.2, 0) is 20.6 Å². The van der Waals surface area contributed by atoms with E-state index in [1.807, 2.05) is 28.1 Å². The van der Waals surface area contributed by atoms with Crippen LogP contribution in [0.4, 0.5) is 0 Å². The average Bonchev–Trinajstić information content (AvgIpc) is 3.04. The fraction of sp³-hybridized carbons (Fsp3) is 0.545. The largest absolute Gasteiger partial charge is 0.332 e. The Morgan fingerprint density at radius 2 is 1.95 bits per heavy atom. The van der Waals surface area contributed by atoms with E-state index in [0.29, 0.717) is 15.7 Å². The molecule has 2 aromatic rings. The molecule has 1 aliphatic heterocycles. The first-order chi connectivity index (χ1) is 9.09. The van der Waals surface area contributed by atoms with Crippen LogP contribution in [0.2, 0.25) is 0 Å². The smallest absolute Gasteiger partial charge is 0.323 e. The second-order valence-electron chi connectivity index (χ2n) is 4.45. The normalized spacial score (nSPS) is 16.5. The molecule has 2 aromatic heterocycles. The number of rotatable bonds is 2. The summed E-state index contributed by atoms with van der Waals surface area (Å²) in [5.74, 6) is 2.30. The summed E-state index contributed by atoms with van der Waals surface area (Å²) in [5, 5.41) is 0. The number of aromatic nitrogens is 4. The Labute approximate surface area is 117 Å². The van der Waals surface area contributed by atoms with Crippen LogP contribution < -0.4 is 11.2 Å². The molecule has 8 heteroatoms. The number of fused-ring (bicyclic) bond motifs is 1. The van der Waals surface area contributed by atoms with Gasteiger partial charge in [0.25, 0.3) is 5.56 Å². The van der Waals surface area contributed by atoms with Gasteiger partial charge in [0.15, 0.2) is 11.2 Å². The van der Waals surface area contributed by atoms with Gasteiger partial charge in [0.1, 0.15) is 0 Å². The Hall–Kier alpha value is -1.15. The van der Waals surface area contributed by atoms with Crippen LogP contribution in [0.5, 0.6) is 0 Å². The fourth-order valence-electron chi connectivity index (χ4n) is 2.21. The van der Waals surface area contributed by atoms with E-state index in [1.54, 1.807) is 13.4 Å². The first-order valence-electron chi connectivity index (χ1n) is 5.93. The maximum absolute atomic E-state index is 12.2. The van der Waals surface area contributed by atoms with Gasteiger partial charge in [-0.1, -0.05) is 0 Å². The van der Waals surface area contributed by atoms with E-state index in [-0.39, 0.29) is 11.2 Å². The van der Waals surface area contributed by atoms with Crippen molar-refractivity contribution >= 4 is 34.7 Å². The molecule has 1 saturated heterocycles. The lowest BCUT2D eigenvalue weighted by molar-refractivity contribution is 0.699. The molecule has 0 unspecified atom stereocenters. The number of aryl methyl sites for hydroxylation is 1. The molecule has 6 nitrogen and oxygen atoms in total. The summed E-state index contributed by atoms with van der Waals surface area (Å²) in [6, 6.07) is 0. The third-order valence-corrected chi connectivity index (χ3v) is 6.25. The van der Waals surface area contributed by atoms with Crippen molar-refractivity contribution in [2.45, 2.75) is 11.1 Å². The molecular formula is C11H14N4O2S2. The minimum absolute atomic E-state index is 0.274. The summed E-state index contributed by atoms with van der Waals surface area (Å²) in [6.07, 6.45) is 1.66. The van der Waals surface area contributed by atoms with Crippen molar-refractivity contribution in [2.24, 2.45) is 14.1 Å². The SMILES string of the molecule is Cn1c(=O)c2c(ncn2CC2SCCS2)n(C)c1=O. The van der Waals surface area contributed by atoms with E-state index in [9.17, 15) is 9.59 Å². The minimum Gasteiger partial charge on any atom is -0.323 e. The van der Waals surface area contributed by atoms with Gasteiger partial charge < -0.3 is 4.57 Å². The van der Waals surface area contributed by atoms with Gasteiger partial charge in [-0.15, -0.1) is 23.5 Å². The minimum atomic E-state index is -0.340. The molecule has 3 heterocycles. The van der Waals surface area contributed by atoms with E-state index in [4.69, 9.17) is 0 Å². The second kappa shape index (κ2) is 4.75. The zero-order valence-corrected chi connectivity index (χ0v) is 12.3. The lowest BCUT2D eigenvalue weighted by Crippen LogP contribution is -2.37. The number of hydrogen-bond acceptors (Lipinski definition) is 5. The summed E-state index contributed by atoms with van der Waals surface area (Å²) in [4.78, 5) is 28.3. The first-order valence-corrected chi connectivity index (χ1v) is 8.03. The molecule has 0 aliphatic carbocycles. The number of nitrogens with zero attached hydrogens (tertiary/aromatic N) is 4. The predicted molar refractivity (Wildman–Crippen MR) is 78.9 cm³/mol. The van der Waals surface area contributed by atoms with Crippen LogP contribution in [0, 0.1) is 0 Å². The van der Waals surface area contributed by atoms with Crippen LogP contribution in [0.1, 0.15) is 0 Å². The molecule has 102 valence electrons. The van der Waals surface area contributed by atoms with E-state index in [0.717, 1.165) is 22.6 Å². The van der Waals surface area contributed by atoms with Crippen molar-refractivity contribution in [3.8, 4) is 0 Å². The fourth-order valence-corrected chi connectivity index (χ4v) is 5.00. The Balaban J connectivity index is 2.17. The molecule has 0 aromatic carbocycles. The van der Waals surface area contributed by atoms with E-state index < -0.39 is 0 Å². The zero-order chi connectivity index (χ0) is 13.6. The van der Waals surface area contributed by atoms with Crippen LogP contribution in [0.3, 0.4) is 0 Å². The molecule has 0 atom stereocenters. The van der Waals surface area contributed by atoms with Gasteiger partial charge in [0, 0.05) is 32.1 Å². The van der Waals surface area contributed by atoms with Crippen molar-refractivity contribution in [1.29, 1.82) is 0 Å². The van der Waals surface area contributed by atoms with Gasteiger partial charge in [0.2, 0.25) is 0 Å². The summed E-state index contributed by atoms with van der Waals surface area (Å²) >= 11 is 3.81. The molecule has 3 rings (SSSR count). The lowest BCUT2D eigenvalue weighted by Gasteiger charge is -2.10. The van der Waals surface area contributed by atoms with Gasteiger partial charge in [0.05, 0.1) is 10.9 Å². The third kappa shape index (κ3) is 2.02. The van der Waals surface area contributed by atoms with Crippen LogP contribution in [0.15, 0.2) is 15.9 Å². The first kappa shape index (κ1) is 12.9. The van der Waals surface area contributed by atoms with Crippen molar-refractivity contribution in [3.63, 3.8) is 0 Å². The summed E-state index contributed by atoms with van der Waals surface area (Å²) in [6.45, 7) is 0.749. The molecule has 0 bridgehead atoms. The molecular weight excluding hydrogens is 284 g/mol. The van der Waals surface area contributed by atoms with Crippen molar-refractivity contribution in [3.05, 3.63) is 27.2 Å². The molecule has 0 spiro atoms. The van der Waals surface area contributed by atoms with E-state index in [1.165, 1.54) is 11.6 Å². The summed E-state index contributed by atoms with van der Waals surface area (Å²) < 4.78 is 4.88. The highest BCUT2D eigenvalue weighted by Crippen LogP contribution is 2.33. The van der Waals surface area contributed by atoms with Crippen LogP contribution >= 0.6 is 23.5 Å². The number of imidazole rings is 1. The van der Waals surface area contributed by atoms with E-state index >= 15 is 0 Å². The lowest BCUT2D eigenvalue weighted by atomic mass is 10.5. The van der Waals surface area contributed by atoms with Crippen molar-refractivity contribution in [1.82, 2.24) is 18.7 Å². The maximum Gasteiger partial charge on any atom is 0.332 e. The molecule has 19 heavy (non-hydrogen) atoms. The molecule has 0 saturated carbocycles. The number of hydrogen-bond donors (Lipinski definition) is 0. The highest BCUT2D eigenvalue weighted by molar-refractivity contribution is 8.20. The van der Waals surface area contributed by atoms with Crippen molar-refractivity contribution in [2.75, 3.05) is 11.5 Å². The monoisotopic (exact) mass is 298 g/mol. The molecule has 1 fully saturated rings. The Bertz CT molecular complexity index is 739. The zero-order valence-electron chi connectivity index (χ0n) is 10.7. The summed E-state index contributed by atoms with van der Waals surface area (Å²) in [7, 11) is 3.14. The van der Waals surface area contributed by atoms with Gasteiger partial charge in [-0.2, -0.15) is 0 Å². The van der Waals surface area contributed by atoms with Gasteiger partial charge in [-0.3, -0.25) is 13.9 Å². The molecule has 0 N–H and O–H groups in total. The topological polar surface area (TPSA) is 61.8 Å². The quantitative estimate of drug-likeness (QED) is 0.795. The maximum atomic E-state index is 12.2. The van der Waals surface area contributed by atoms with Crippen LogP contribution in [-0.4, -0.2) is 34.8 Å².